The second-order valence-electron chi connectivity index (χ2n) is 9.46. The maximum absolute atomic E-state index is 13.9. The Labute approximate surface area is 242 Å². The van der Waals surface area contributed by atoms with Crippen molar-refractivity contribution >= 4 is 45.2 Å². The van der Waals surface area contributed by atoms with Crippen LogP contribution in [0, 0.1) is 5.92 Å². The van der Waals surface area contributed by atoms with Gasteiger partial charge >= 0.3 is 5.97 Å². The average molecular weight is 617 g/mol. The monoisotopic (exact) mass is 615 g/mol. The third-order valence-electron chi connectivity index (χ3n) is 7.22. The quantitative estimate of drug-likeness (QED) is 0.227. The van der Waals surface area contributed by atoms with Crippen LogP contribution in [0.25, 0.3) is 0 Å². The van der Waals surface area contributed by atoms with Gasteiger partial charge in [0, 0.05) is 45.1 Å². The highest BCUT2D eigenvalue weighted by atomic mass is 79.9. The minimum Gasteiger partial charge on any atom is -0.496 e. The summed E-state index contributed by atoms with van der Waals surface area (Å²) in [6, 6.07) is 11.4. The number of aliphatic imine (C=N–C) groups is 1. The van der Waals surface area contributed by atoms with Crippen LogP contribution in [0.5, 0.6) is 17.2 Å². The summed E-state index contributed by atoms with van der Waals surface area (Å²) in [6.07, 6.45) is 0.861. The van der Waals surface area contributed by atoms with Crippen LogP contribution in [0.1, 0.15) is 49.7 Å². The minimum atomic E-state index is -0.722. The van der Waals surface area contributed by atoms with Crippen LogP contribution < -0.4 is 14.2 Å². The lowest BCUT2D eigenvalue weighted by atomic mass is 9.69. The SMILES string of the molecule is CCSCCOC(=O)C1C(C)=NC2=C(C(=O)C[C@@H](c3ccc(OC)c(OC)c3)C2)[C@@H]1c1cc(Br)ccc1OC. The maximum Gasteiger partial charge on any atom is 0.315 e. The zero-order valence-electron chi connectivity index (χ0n) is 22.9. The third kappa shape index (κ3) is 6.19. The van der Waals surface area contributed by atoms with Crippen LogP contribution in [0.3, 0.4) is 0 Å². The van der Waals surface area contributed by atoms with E-state index in [0.29, 0.717) is 53.7 Å². The van der Waals surface area contributed by atoms with Gasteiger partial charge in [0.05, 0.1) is 21.3 Å². The molecule has 39 heavy (non-hydrogen) atoms. The van der Waals surface area contributed by atoms with Crippen molar-refractivity contribution < 1.29 is 28.5 Å². The summed E-state index contributed by atoms with van der Waals surface area (Å²) in [6.45, 7) is 4.22. The summed E-state index contributed by atoms with van der Waals surface area (Å²) in [5, 5.41) is 0. The topological polar surface area (TPSA) is 83.4 Å². The van der Waals surface area contributed by atoms with Crippen LogP contribution in [0.15, 0.2) is 57.1 Å². The summed E-state index contributed by atoms with van der Waals surface area (Å²) in [5.74, 6) is 1.77. The van der Waals surface area contributed by atoms with E-state index in [4.69, 9.17) is 23.9 Å². The number of ketones is 1. The summed E-state index contributed by atoms with van der Waals surface area (Å²) in [7, 11) is 4.79. The number of hydrogen-bond donors (Lipinski definition) is 0. The van der Waals surface area contributed by atoms with Gasteiger partial charge in [0.1, 0.15) is 18.3 Å². The number of benzene rings is 2. The van der Waals surface area contributed by atoms with E-state index in [1.54, 1.807) is 33.1 Å². The van der Waals surface area contributed by atoms with Gasteiger partial charge in [-0.3, -0.25) is 14.6 Å². The largest absolute Gasteiger partial charge is 0.496 e. The van der Waals surface area contributed by atoms with Crippen molar-refractivity contribution in [3.8, 4) is 17.2 Å². The Morgan fingerprint density at radius 2 is 1.74 bits per heavy atom. The normalized spacial score (nSPS) is 20.7. The Balaban J connectivity index is 1.77. The molecule has 0 fully saturated rings. The molecule has 2 aliphatic rings. The molecule has 1 heterocycles. The molecule has 0 saturated heterocycles. The molecule has 0 amide bonds. The van der Waals surface area contributed by atoms with E-state index in [0.717, 1.165) is 27.1 Å². The summed E-state index contributed by atoms with van der Waals surface area (Å²) in [4.78, 5) is 32.3. The van der Waals surface area contributed by atoms with E-state index in [2.05, 4.69) is 22.9 Å². The minimum absolute atomic E-state index is 0.0290. The van der Waals surface area contributed by atoms with Crippen LogP contribution in [0.4, 0.5) is 0 Å². The van der Waals surface area contributed by atoms with E-state index < -0.39 is 11.8 Å². The number of hydrogen-bond acceptors (Lipinski definition) is 8. The number of carbonyl (C=O) groups excluding carboxylic acids is 2. The van der Waals surface area contributed by atoms with Gasteiger partial charge in [0.2, 0.25) is 0 Å². The smallest absolute Gasteiger partial charge is 0.315 e. The molecule has 208 valence electrons. The Morgan fingerprint density at radius 3 is 2.44 bits per heavy atom. The second-order valence-corrected chi connectivity index (χ2v) is 11.8. The van der Waals surface area contributed by atoms with Gasteiger partial charge in [-0.1, -0.05) is 28.9 Å². The molecule has 1 unspecified atom stereocenters. The van der Waals surface area contributed by atoms with Crippen LogP contribution in [-0.4, -0.2) is 56.9 Å². The molecule has 1 aliphatic heterocycles. The van der Waals surface area contributed by atoms with Crippen molar-refractivity contribution in [1.82, 2.24) is 0 Å². The fraction of sp³-hybridized carbons (Fsp3) is 0.433. The van der Waals surface area contributed by atoms with Crippen LogP contribution in [-0.2, 0) is 14.3 Å². The lowest BCUT2D eigenvalue weighted by Gasteiger charge is -2.37. The molecule has 0 spiro atoms. The number of halogens is 1. The summed E-state index contributed by atoms with van der Waals surface area (Å²) >= 11 is 5.27. The molecule has 9 heteroatoms. The lowest BCUT2D eigenvalue weighted by molar-refractivity contribution is -0.145. The predicted molar refractivity (Wildman–Crippen MR) is 158 cm³/mol. The highest BCUT2D eigenvalue weighted by molar-refractivity contribution is 9.10. The molecule has 0 saturated carbocycles. The van der Waals surface area contributed by atoms with Gasteiger partial charge in [0.15, 0.2) is 17.3 Å². The molecule has 0 bridgehead atoms. The van der Waals surface area contributed by atoms with Crippen LogP contribution in [0.2, 0.25) is 0 Å². The zero-order chi connectivity index (χ0) is 28.1. The van der Waals surface area contributed by atoms with Gasteiger partial charge in [-0.05, 0) is 60.9 Å². The van der Waals surface area contributed by atoms with Crippen molar-refractivity contribution in [2.45, 2.75) is 38.5 Å². The molecule has 0 aromatic heterocycles. The molecule has 7 nitrogen and oxygen atoms in total. The number of nitrogens with zero attached hydrogens (tertiary/aromatic N) is 1. The first-order valence-corrected chi connectivity index (χ1v) is 14.9. The predicted octanol–water partition coefficient (Wildman–Crippen LogP) is 6.35. The van der Waals surface area contributed by atoms with Crippen LogP contribution >= 0.6 is 27.7 Å². The molecule has 0 N–H and O–H groups in total. The standard InChI is InChI=1S/C30H34BrNO6S/c1-6-39-12-11-38-30(34)27-17(2)32-22-13-19(18-7-9-25(36-4)26(15-18)37-5)14-23(33)29(22)28(27)21-16-20(31)8-10-24(21)35-3/h7-10,15-16,19,27-28H,6,11-14H2,1-5H3/t19-,27?,28+/m0/s1. The highest BCUT2D eigenvalue weighted by Gasteiger charge is 2.46. The molecular formula is C30H34BrNO6S. The average Bonchev–Trinajstić information content (AvgIpc) is 2.93. The Hall–Kier alpha value is -2.78. The van der Waals surface area contributed by atoms with Gasteiger partial charge in [-0.15, -0.1) is 0 Å². The molecule has 2 aromatic rings. The Bertz CT molecular complexity index is 1310. The zero-order valence-corrected chi connectivity index (χ0v) is 25.3. The van der Waals surface area contributed by atoms with E-state index in [1.807, 2.05) is 43.3 Å². The lowest BCUT2D eigenvalue weighted by Crippen LogP contribution is -2.38. The molecule has 1 aliphatic carbocycles. The summed E-state index contributed by atoms with van der Waals surface area (Å²) < 4.78 is 23.1. The number of Topliss-reactive ketones (excluding diaryl/α,β-unsaturated/α-hetero) is 1. The number of ether oxygens (including phenoxy) is 4. The molecule has 3 atom stereocenters. The van der Waals surface area contributed by atoms with E-state index in [9.17, 15) is 9.59 Å². The number of thioether (sulfide) groups is 1. The first-order chi connectivity index (χ1) is 18.8. The van der Waals surface area contributed by atoms with Gasteiger partial charge in [-0.2, -0.15) is 11.8 Å². The number of methoxy groups -OCH3 is 3. The van der Waals surface area contributed by atoms with Crippen molar-refractivity contribution in [3.05, 3.63) is 63.3 Å². The first kappa shape index (κ1) is 29.2. The number of allylic oxidation sites excluding steroid dienone is 2. The fourth-order valence-corrected chi connectivity index (χ4v) is 6.30. The second kappa shape index (κ2) is 13.0. The van der Waals surface area contributed by atoms with Crippen molar-refractivity contribution in [3.63, 3.8) is 0 Å². The van der Waals surface area contributed by atoms with Gasteiger partial charge in [-0.25, -0.2) is 0 Å². The van der Waals surface area contributed by atoms with Crippen molar-refractivity contribution in [2.75, 3.05) is 39.4 Å². The highest BCUT2D eigenvalue weighted by Crippen LogP contribution is 2.49. The Morgan fingerprint density at radius 1 is 1.03 bits per heavy atom. The molecule has 4 rings (SSSR count). The Kier molecular flexibility index (Phi) is 9.77. The fourth-order valence-electron chi connectivity index (χ4n) is 5.43. The molecular weight excluding hydrogens is 582 g/mol. The number of rotatable bonds is 10. The van der Waals surface area contributed by atoms with E-state index in [1.165, 1.54) is 0 Å². The number of carbonyl (C=O) groups is 2. The maximum atomic E-state index is 13.9. The van der Waals surface area contributed by atoms with E-state index >= 15 is 0 Å². The van der Waals surface area contributed by atoms with Crippen molar-refractivity contribution in [2.24, 2.45) is 10.9 Å². The number of esters is 1. The molecule has 0 radical (unpaired) electrons. The van der Waals surface area contributed by atoms with E-state index in [-0.39, 0.29) is 17.7 Å². The first-order valence-electron chi connectivity index (χ1n) is 12.9. The third-order valence-corrected chi connectivity index (χ3v) is 8.58. The van der Waals surface area contributed by atoms with Gasteiger partial charge < -0.3 is 18.9 Å². The summed E-state index contributed by atoms with van der Waals surface area (Å²) in [5.41, 5.74) is 3.65. The van der Waals surface area contributed by atoms with Gasteiger partial charge in [0.25, 0.3) is 0 Å². The molecule has 2 aromatic carbocycles. The van der Waals surface area contributed by atoms with Crippen molar-refractivity contribution in [1.29, 1.82) is 0 Å².